The summed E-state index contributed by atoms with van der Waals surface area (Å²) in [7, 11) is 0. The van der Waals surface area contributed by atoms with Gasteiger partial charge in [-0.05, 0) is 55.2 Å². The molecule has 1 aliphatic rings. The maximum atomic E-state index is 13.2. The minimum absolute atomic E-state index is 0.0267. The van der Waals surface area contributed by atoms with E-state index in [2.05, 4.69) is 22.1 Å². The number of hydrogen-bond donors (Lipinski definition) is 0. The predicted molar refractivity (Wildman–Crippen MR) is 115 cm³/mol. The standard InChI is InChI=1S/C25H23N3O2/c29-25(28-16-6-10-22(28)20-9-4-5-15-26-20)19-12-13-23-21(17-19)27-24(30-23)14-11-18-7-2-1-3-8-18/h1-5,7-9,12-13,15,17,22H,6,10-11,14,16H2/t22-/m0/s1. The molecule has 0 spiro atoms. The second-order valence-corrected chi connectivity index (χ2v) is 7.69. The van der Waals surface area contributed by atoms with Crippen LogP contribution in [0.1, 0.15) is 46.4 Å². The Kier molecular flexibility index (Phi) is 5.01. The molecule has 5 rings (SSSR count). The molecular formula is C25H23N3O2. The third-order valence-electron chi connectivity index (χ3n) is 5.69. The van der Waals surface area contributed by atoms with E-state index in [1.165, 1.54) is 5.56 Å². The van der Waals surface area contributed by atoms with Gasteiger partial charge in [0, 0.05) is 24.7 Å². The Bertz CT molecular complexity index is 1150. The maximum Gasteiger partial charge on any atom is 0.254 e. The van der Waals surface area contributed by atoms with Crippen LogP contribution in [0.15, 0.2) is 77.3 Å². The number of carbonyl (C=O) groups excluding carboxylic acids is 1. The summed E-state index contributed by atoms with van der Waals surface area (Å²) in [5.41, 5.74) is 4.31. The van der Waals surface area contributed by atoms with E-state index in [4.69, 9.17) is 4.42 Å². The monoisotopic (exact) mass is 397 g/mol. The number of likely N-dealkylation sites (tertiary alicyclic amines) is 1. The summed E-state index contributed by atoms with van der Waals surface area (Å²) in [6.45, 7) is 0.749. The number of pyridine rings is 1. The Morgan fingerprint density at radius 1 is 1.03 bits per heavy atom. The minimum atomic E-state index is 0.0267. The molecule has 1 aliphatic heterocycles. The number of nitrogens with zero attached hydrogens (tertiary/aromatic N) is 3. The van der Waals surface area contributed by atoms with Gasteiger partial charge in [0.2, 0.25) is 0 Å². The first-order valence-electron chi connectivity index (χ1n) is 10.4. The van der Waals surface area contributed by atoms with E-state index in [1.54, 1.807) is 6.20 Å². The molecule has 1 saturated heterocycles. The van der Waals surface area contributed by atoms with Crippen LogP contribution in [0.25, 0.3) is 11.1 Å². The average Bonchev–Trinajstić information content (AvgIpc) is 3.45. The summed E-state index contributed by atoms with van der Waals surface area (Å²) in [4.78, 5) is 24.3. The zero-order valence-corrected chi connectivity index (χ0v) is 16.7. The second-order valence-electron chi connectivity index (χ2n) is 7.69. The highest BCUT2D eigenvalue weighted by Gasteiger charge is 2.31. The predicted octanol–water partition coefficient (Wildman–Crippen LogP) is 4.99. The summed E-state index contributed by atoms with van der Waals surface area (Å²) in [6, 6.07) is 21.7. The molecule has 150 valence electrons. The molecular weight excluding hydrogens is 374 g/mol. The number of amides is 1. The lowest BCUT2D eigenvalue weighted by molar-refractivity contribution is 0.0733. The van der Waals surface area contributed by atoms with Crippen LogP contribution >= 0.6 is 0 Å². The molecule has 0 saturated carbocycles. The van der Waals surface area contributed by atoms with Crippen molar-refractivity contribution in [2.24, 2.45) is 0 Å². The van der Waals surface area contributed by atoms with E-state index in [9.17, 15) is 4.79 Å². The van der Waals surface area contributed by atoms with E-state index in [0.29, 0.717) is 11.5 Å². The van der Waals surface area contributed by atoms with Gasteiger partial charge in [-0.15, -0.1) is 0 Å². The summed E-state index contributed by atoms with van der Waals surface area (Å²) >= 11 is 0. The normalized spacial score (nSPS) is 16.3. The van der Waals surface area contributed by atoms with Gasteiger partial charge in [-0.2, -0.15) is 0 Å². The van der Waals surface area contributed by atoms with Crippen molar-refractivity contribution in [3.05, 3.63) is 95.6 Å². The fraction of sp³-hybridized carbons (Fsp3) is 0.240. The molecule has 5 nitrogen and oxygen atoms in total. The first kappa shape index (κ1) is 18.6. The molecule has 3 heterocycles. The smallest absolute Gasteiger partial charge is 0.254 e. The molecule has 0 aliphatic carbocycles. The highest BCUT2D eigenvalue weighted by Crippen LogP contribution is 2.32. The highest BCUT2D eigenvalue weighted by molar-refractivity contribution is 5.97. The van der Waals surface area contributed by atoms with Gasteiger partial charge in [0.05, 0.1) is 11.7 Å². The van der Waals surface area contributed by atoms with Crippen molar-refractivity contribution in [3.63, 3.8) is 0 Å². The molecule has 1 atom stereocenters. The van der Waals surface area contributed by atoms with Crippen molar-refractivity contribution in [1.29, 1.82) is 0 Å². The lowest BCUT2D eigenvalue weighted by Crippen LogP contribution is -2.30. The largest absolute Gasteiger partial charge is 0.441 e. The third-order valence-corrected chi connectivity index (χ3v) is 5.69. The number of hydrogen-bond acceptors (Lipinski definition) is 4. The van der Waals surface area contributed by atoms with Gasteiger partial charge in [-0.25, -0.2) is 4.98 Å². The van der Waals surface area contributed by atoms with E-state index in [-0.39, 0.29) is 11.9 Å². The summed E-state index contributed by atoms with van der Waals surface area (Å²) in [6.07, 6.45) is 5.32. The van der Waals surface area contributed by atoms with E-state index >= 15 is 0 Å². The van der Waals surface area contributed by atoms with Gasteiger partial charge < -0.3 is 9.32 Å². The Hall–Kier alpha value is -3.47. The lowest BCUT2D eigenvalue weighted by atomic mass is 10.1. The van der Waals surface area contributed by atoms with Crippen LogP contribution in [-0.4, -0.2) is 27.3 Å². The molecule has 0 unspecified atom stereocenters. The number of fused-ring (bicyclic) bond motifs is 1. The number of aryl methyl sites for hydroxylation is 2. The highest BCUT2D eigenvalue weighted by atomic mass is 16.3. The number of rotatable bonds is 5. The number of benzene rings is 2. The van der Waals surface area contributed by atoms with Crippen molar-refractivity contribution in [1.82, 2.24) is 14.9 Å². The van der Waals surface area contributed by atoms with Crippen molar-refractivity contribution in [2.45, 2.75) is 31.7 Å². The second kappa shape index (κ2) is 8.11. The topological polar surface area (TPSA) is 59.2 Å². The Morgan fingerprint density at radius 2 is 1.90 bits per heavy atom. The molecule has 30 heavy (non-hydrogen) atoms. The third kappa shape index (κ3) is 3.71. The lowest BCUT2D eigenvalue weighted by Gasteiger charge is -2.24. The van der Waals surface area contributed by atoms with Crippen molar-refractivity contribution < 1.29 is 9.21 Å². The minimum Gasteiger partial charge on any atom is -0.441 e. The zero-order valence-electron chi connectivity index (χ0n) is 16.7. The van der Waals surface area contributed by atoms with Crippen LogP contribution in [0.4, 0.5) is 0 Å². The van der Waals surface area contributed by atoms with E-state index < -0.39 is 0 Å². The quantitative estimate of drug-likeness (QED) is 0.476. The van der Waals surface area contributed by atoms with Crippen LogP contribution < -0.4 is 0 Å². The first-order valence-corrected chi connectivity index (χ1v) is 10.4. The average molecular weight is 397 g/mol. The van der Waals surface area contributed by atoms with E-state index in [0.717, 1.165) is 49.0 Å². The van der Waals surface area contributed by atoms with Crippen LogP contribution in [0.2, 0.25) is 0 Å². The van der Waals surface area contributed by atoms with Gasteiger partial charge in [0.25, 0.3) is 5.91 Å². The fourth-order valence-corrected chi connectivity index (χ4v) is 4.17. The first-order chi connectivity index (χ1) is 14.8. The number of carbonyl (C=O) groups is 1. The molecule has 2 aromatic carbocycles. The SMILES string of the molecule is O=C(c1ccc2oc(CCc3ccccc3)nc2c1)N1CCC[C@H]1c1ccccn1. The van der Waals surface area contributed by atoms with Crippen LogP contribution in [-0.2, 0) is 12.8 Å². The Labute approximate surface area is 175 Å². The van der Waals surface area contributed by atoms with Crippen molar-refractivity contribution in [2.75, 3.05) is 6.54 Å². The molecule has 5 heteroatoms. The molecule has 0 bridgehead atoms. The van der Waals surface area contributed by atoms with Crippen molar-refractivity contribution >= 4 is 17.0 Å². The summed E-state index contributed by atoms with van der Waals surface area (Å²) in [5, 5.41) is 0. The number of aromatic nitrogens is 2. The zero-order chi connectivity index (χ0) is 20.3. The van der Waals surface area contributed by atoms with Gasteiger partial charge >= 0.3 is 0 Å². The van der Waals surface area contributed by atoms with Crippen LogP contribution in [0, 0.1) is 0 Å². The Balaban J connectivity index is 1.35. The molecule has 1 amide bonds. The van der Waals surface area contributed by atoms with Gasteiger partial charge in [-0.1, -0.05) is 36.4 Å². The molecule has 0 radical (unpaired) electrons. The van der Waals surface area contributed by atoms with Crippen LogP contribution in [0.5, 0.6) is 0 Å². The molecule has 0 N–H and O–H groups in total. The maximum absolute atomic E-state index is 13.2. The fourth-order valence-electron chi connectivity index (χ4n) is 4.17. The number of oxazole rings is 1. The van der Waals surface area contributed by atoms with Gasteiger partial charge in [0.15, 0.2) is 11.5 Å². The molecule has 1 fully saturated rings. The van der Waals surface area contributed by atoms with Gasteiger partial charge in [0.1, 0.15) is 5.52 Å². The Morgan fingerprint density at radius 3 is 2.73 bits per heavy atom. The summed E-state index contributed by atoms with van der Waals surface area (Å²) < 4.78 is 5.89. The molecule has 4 aromatic rings. The summed E-state index contributed by atoms with van der Waals surface area (Å²) in [5.74, 6) is 0.727. The van der Waals surface area contributed by atoms with Crippen molar-refractivity contribution in [3.8, 4) is 0 Å². The van der Waals surface area contributed by atoms with Crippen LogP contribution in [0.3, 0.4) is 0 Å². The molecule has 2 aromatic heterocycles. The van der Waals surface area contributed by atoms with Gasteiger partial charge in [-0.3, -0.25) is 9.78 Å². The van der Waals surface area contributed by atoms with E-state index in [1.807, 2.05) is 59.5 Å².